The number of aromatic nitrogens is 5. The smallest absolute Gasteiger partial charge is 0.253 e. The number of aromatic amines is 1. The molecule has 2 aromatic heterocycles. The molecule has 38 heavy (non-hydrogen) atoms. The van der Waals surface area contributed by atoms with E-state index in [4.69, 9.17) is 11.6 Å². The van der Waals surface area contributed by atoms with Crippen molar-refractivity contribution in [3.63, 3.8) is 0 Å². The van der Waals surface area contributed by atoms with Crippen LogP contribution in [0.2, 0.25) is 5.02 Å². The molecule has 2 atom stereocenters. The van der Waals surface area contributed by atoms with Crippen molar-refractivity contribution in [2.45, 2.75) is 6.92 Å². The standard InChI is InChI=1S/C27H28ClN9O/c1-16-30-24(35-34-16)21-5-3-4-6-23(21)32-25-22(28)11-29-27(33-25)31-20-9-7-17(8-10-20)26(38)37-14-18-12-36(2)13-19(18)15-37/h3-11,18-19H,12-15H2,1-2H3,(H,30,34,35)(H2,29,31,32,33). The van der Waals surface area contributed by atoms with Gasteiger partial charge in [0.25, 0.3) is 5.91 Å². The second-order valence-corrected chi connectivity index (χ2v) is 10.4. The molecule has 10 nitrogen and oxygen atoms in total. The zero-order chi connectivity index (χ0) is 26.2. The van der Waals surface area contributed by atoms with Crippen molar-refractivity contribution in [1.29, 1.82) is 0 Å². The molecule has 2 unspecified atom stereocenters. The van der Waals surface area contributed by atoms with Gasteiger partial charge < -0.3 is 20.4 Å². The normalized spacial score (nSPS) is 19.0. The van der Waals surface area contributed by atoms with Gasteiger partial charge >= 0.3 is 0 Å². The van der Waals surface area contributed by atoms with Crippen LogP contribution in [0.4, 0.5) is 23.1 Å². The van der Waals surface area contributed by atoms with Gasteiger partial charge in [-0.3, -0.25) is 9.89 Å². The third-order valence-corrected chi connectivity index (χ3v) is 7.38. The Morgan fingerprint density at radius 3 is 2.45 bits per heavy atom. The lowest BCUT2D eigenvalue weighted by atomic mass is 10.0. The number of anilines is 4. The third kappa shape index (κ3) is 4.92. The maximum Gasteiger partial charge on any atom is 0.253 e. The second-order valence-electron chi connectivity index (χ2n) is 9.96. The number of amides is 1. The average molecular weight is 530 g/mol. The number of nitrogens with zero attached hydrogens (tertiary/aromatic N) is 6. The zero-order valence-corrected chi connectivity index (χ0v) is 21.9. The lowest BCUT2D eigenvalue weighted by Crippen LogP contribution is -2.32. The predicted octanol–water partition coefficient (Wildman–Crippen LogP) is 4.34. The van der Waals surface area contributed by atoms with Crippen LogP contribution in [0, 0.1) is 18.8 Å². The van der Waals surface area contributed by atoms with Gasteiger partial charge in [0.1, 0.15) is 10.8 Å². The number of hydrogen-bond acceptors (Lipinski definition) is 8. The van der Waals surface area contributed by atoms with E-state index in [2.05, 4.69) is 47.7 Å². The van der Waals surface area contributed by atoms with Gasteiger partial charge in [-0.05, 0) is 62.2 Å². The quantitative estimate of drug-likeness (QED) is 0.338. The Kier molecular flexibility index (Phi) is 6.42. The molecule has 4 aromatic rings. The highest BCUT2D eigenvalue weighted by molar-refractivity contribution is 6.33. The largest absolute Gasteiger partial charge is 0.338 e. The minimum Gasteiger partial charge on any atom is -0.338 e. The molecule has 0 radical (unpaired) electrons. The third-order valence-electron chi connectivity index (χ3n) is 7.11. The number of carbonyl (C=O) groups excluding carboxylic acids is 1. The highest BCUT2D eigenvalue weighted by atomic mass is 35.5. The summed E-state index contributed by atoms with van der Waals surface area (Å²) in [5.74, 6) is 3.38. The van der Waals surface area contributed by atoms with Gasteiger partial charge in [0.15, 0.2) is 11.6 Å². The Morgan fingerprint density at radius 2 is 1.74 bits per heavy atom. The van der Waals surface area contributed by atoms with Crippen molar-refractivity contribution in [3.05, 3.63) is 71.1 Å². The number of halogens is 1. The molecule has 11 heteroatoms. The molecular formula is C27H28ClN9O. The van der Waals surface area contributed by atoms with E-state index in [9.17, 15) is 4.79 Å². The van der Waals surface area contributed by atoms with Crippen molar-refractivity contribution in [1.82, 2.24) is 34.9 Å². The van der Waals surface area contributed by atoms with Gasteiger partial charge in [-0.1, -0.05) is 23.7 Å². The highest BCUT2D eigenvalue weighted by Crippen LogP contribution is 2.32. The summed E-state index contributed by atoms with van der Waals surface area (Å²) in [5, 5.41) is 14.0. The molecule has 0 saturated carbocycles. The van der Waals surface area contributed by atoms with Crippen LogP contribution in [0.15, 0.2) is 54.7 Å². The Morgan fingerprint density at radius 1 is 1.00 bits per heavy atom. The molecule has 4 heterocycles. The fourth-order valence-corrected chi connectivity index (χ4v) is 5.43. The second kappa shape index (κ2) is 10.0. The van der Waals surface area contributed by atoms with Gasteiger partial charge in [0, 0.05) is 43.0 Å². The number of nitrogens with one attached hydrogen (secondary N) is 3. The van der Waals surface area contributed by atoms with E-state index < -0.39 is 0 Å². The Balaban J connectivity index is 1.15. The first kappa shape index (κ1) is 24.3. The minimum absolute atomic E-state index is 0.0862. The fraction of sp³-hybridized carbons (Fsp3) is 0.296. The van der Waals surface area contributed by atoms with Crippen LogP contribution < -0.4 is 10.6 Å². The minimum atomic E-state index is 0.0862. The molecule has 2 saturated heterocycles. The fourth-order valence-electron chi connectivity index (χ4n) is 5.29. The van der Waals surface area contributed by atoms with E-state index >= 15 is 0 Å². The maximum absolute atomic E-state index is 13.0. The van der Waals surface area contributed by atoms with Gasteiger partial charge in [0.05, 0.1) is 11.9 Å². The number of rotatable bonds is 6. The van der Waals surface area contributed by atoms with Crippen LogP contribution >= 0.6 is 11.6 Å². The van der Waals surface area contributed by atoms with E-state index in [-0.39, 0.29) is 5.91 Å². The number of fused-ring (bicyclic) bond motifs is 1. The molecule has 194 valence electrons. The number of benzene rings is 2. The number of H-pyrrole nitrogens is 1. The van der Waals surface area contributed by atoms with E-state index in [0.29, 0.717) is 40.0 Å². The summed E-state index contributed by atoms with van der Waals surface area (Å²) in [4.78, 5) is 30.7. The first-order valence-corrected chi connectivity index (χ1v) is 12.9. The van der Waals surface area contributed by atoms with Crippen molar-refractivity contribution in [2.24, 2.45) is 11.8 Å². The Bertz CT molecular complexity index is 1460. The molecule has 0 spiro atoms. The number of likely N-dealkylation sites (tertiary alicyclic amines) is 2. The summed E-state index contributed by atoms with van der Waals surface area (Å²) in [6.45, 7) is 5.66. The molecule has 2 fully saturated rings. The SMILES string of the molecule is Cc1nc(-c2ccccc2Nc2nc(Nc3ccc(C(=O)N4CC5CN(C)CC5C4)cc3)ncc2Cl)n[nH]1. The Hall–Kier alpha value is -4.02. The van der Waals surface area contributed by atoms with Gasteiger partial charge in [0.2, 0.25) is 5.95 Å². The van der Waals surface area contributed by atoms with Crippen molar-refractivity contribution < 1.29 is 4.79 Å². The summed E-state index contributed by atoms with van der Waals surface area (Å²) in [5.41, 5.74) is 3.03. The first-order valence-electron chi connectivity index (χ1n) is 12.6. The van der Waals surface area contributed by atoms with Crippen molar-refractivity contribution in [3.8, 4) is 11.4 Å². The highest BCUT2D eigenvalue weighted by Gasteiger charge is 2.40. The summed E-state index contributed by atoms with van der Waals surface area (Å²) in [7, 11) is 2.15. The van der Waals surface area contributed by atoms with Crippen LogP contribution in [0.3, 0.4) is 0 Å². The number of para-hydroxylation sites is 1. The molecule has 2 aliphatic heterocycles. The van der Waals surface area contributed by atoms with Crippen LogP contribution in [0.1, 0.15) is 16.2 Å². The molecule has 3 N–H and O–H groups in total. The number of carbonyl (C=O) groups is 1. The predicted molar refractivity (Wildman–Crippen MR) is 147 cm³/mol. The van der Waals surface area contributed by atoms with E-state index in [0.717, 1.165) is 48.9 Å². The van der Waals surface area contributed by atoms with Crippen molar-refractivity contribution in [2.75, 3.05) is 43.9 Å². The van der Waals surface area contributed by atoms with E-state index in [1.807, 2.05) is 60.4 Å². The monoisotopic (exact) mass is 529 g/mol. The number of aryl methyl sites for hydroxylation is 1. The molecule has 2 aromatic carbocycles. The van der Waals surface area contributed by atoms with Gasteiger partial charge in [-0.15, -0.1) is 0 Å². The van der Waals surface area contributed by atoms with Gasteiger partial charge in [-0.2, -0.15) is 10.1 Å². The summed E-state index contributed by atoms with van der Waals surface area (Å²) >= 11 is 6.42. The molecule has 2 aliphatic rings. The molecule has 0 bridgehead atoms. The first-order chi connectivity index (χ1) is 18.4. The molecule has 0 aliphatic carbocycles. The van der Waals surface area contributed by atoms with Crippen LogP contribution in [0.25, 0.3) is 11.4 Å². The summed E-state index contributed by atoms with van der Waals surface area (Å²) in [6.07, 6.45) is 1.54. The van der Waals surface area contributed by atoms with E-state index in [1.54, 1.807) is 6.20 Å². The van der Waals surface area contributed by atoms with Crippen LogP contribution in [-0.2, 0) is 0 Å². The maximum atomic E-state index is 13.0. The molecular weight excluding hydrogens is 502 g/mol. The summed E-state index contributed by atoms with van der Waals surface area (Å²) < 4.78 is 0. The van der Waals surface area contributed by atoms with Crippen molar-refractivity contribution >= 4 is 40.6 Å². The Labute approximate surface area is 225 Å². The van der Waals surface area contributed by atoms with Gasteiger partial charge in [-0.25, -0.2) is 9.97 Å². The zero-order valence-electron chi connectivity index (χ0n) is 21.1. The average Bonchev–Trinajstić information content (AvgIpc) is 3.61. The molecule has 1 amide bonds. The number of hydrogen-bond donors (Lipinski definition) is 3. The molecule has 6 rings (SSSR count). The summed E-state index contributed by atoms with van der Waals surface area (Å²) in [6, 6.07) is 15.1. The van der Waals surface area contributed by atoms with Crippen LogP contribution in [-0.4, -0.2) is 74.1 Å². The van der Waals surface area contributed by atoms with E-state index in [1.165, 1.54) is 0 Å². The topological polar surface area (TPSA) is 115 Å². The lowest BCUT2D eigenvalue weighted by Gasteiger charge is -2.19. The van der Waals surface area contributed by atoms with Crippen LogP contribution in [0.5, 0.6) is 0 Å². The lowest BCUT2D eigenvalue weighted by molar-refractivity contribution is 0.0776.